The first kappa shape index (κ1) is 15.6. The van der Waals surface area contributed by atoms with E-state index in [0.717, 1.165) is 11.3 Å². The van der Waals surface area contributed by atoms with Crippen molar-refractivity contribution in [1.82, 2.24) is 9.88 Å². The number of H-pyrrole nitrogens is 1. The normalized spacial score (nSPS) is 18.5. The molecule has 2 N–H and O–H groups in total. The topological polar surface area (TPSA) is 42.9 Å². The lowest BCUT2D eigenvalue weighted by atomic mass is 10.00. The number of hydrogen-bond donors (Lipinski definition) is 2. The van der Waals surface area contributed by atoms with Crippen LogP contribution in [-0.2, 0) is 12.8 Å². The van der Waals surface area contributed by atoms with Crippen molar-refractivity contribution in [3.05, 3.63) is 57.9 Å². The number of benzene rings is 1. The van der Waals surface area contributed by atoms with Crippen LogP contribution in [0.15, 0.2) is 41.9 Å². The number of hydrogen-bond acceptors (Lipinski definition) is 3. The number of nitrogens with one attached hydrogen (secondary N) is 2. The van der Waals surface area contributed by atoms with E-state index in [1.165, 1.54) is 41.4 Å². The summed E-state index contributed by atoms with van der Waals surface area (Å²) >= 11 is 1.64. The van der Waals surface area contributed by atoms with E-state index in [2.05, 4.69) is 41.3 Å². The molecule has 2 aromatic heterocycles. The van der Waals surface area contributed by atoms with Crippen molar-refractivity contribution in [2.45, 2.75) is 31.7 Å². The van der Waals surface area contributed by atoms with Crippen LogP contribution in [0.3, 0.4) is 0 Å². The zero-order valence-electron chi connectivity index (χ0n) is 14.0. The van der Waals surface area contributed by atoms with Crippen molar-refractivity contribution in [3.8, 4) is 0 Å². The monoisotopic (exact) mass is 337 g/mol. The molecule has 0 bridgehead atoms. The van der Waals surface area contributed by atoms with Gasteiger partial charge in [0, 0.05) is 34.4 Å². The molecule has 0 amide bonds. The van der Waals surface area contributed by atoms with E-state index >= 15 is 0 Å². The first-order valence-corrected chi connectivity index (χ1v) is 9.49. The molecule has 4 rings (SSSR count). The number of nitrogens with zero attached hydrogens (tertiary/aromatic N) is 1. The van der Waals surface area contributed by atoms with Crippen molar-refractivity contribution < 1.29 is 0 Å². The van der Waals surface area contributed by atoms with Crippen molar-refractivity contribution >= 4 is 28.0 Å². The van der Waals surface area contributed by atoms with E-state index in [-0.39, 0.29) is 0 Å². The standard InChI is InChI=1S/C20H23N3S/c1-23-8-2-4-16(23)12-15-13-22-19-7-6-14(10-17(15)19)11-18(21)20-5-3-9-24-20/h3,5-7,9-10,13,16,21-22H,2,4,8,11-12H2,1H3. The van der Waals surface area contributed by atoms with Crippen molar-refractivity contribution in [3.63, 3.8) is 0 Å². The molecule has 124 valence electrons. The number of aromatic amines is 1. The molecule has 1 fully saturated rings. The fraction of sp³-hybridized carbons (Fsp3) is 0.350. The Morgan fingerprint density at radius 2 is 2.29 bits per heavy atom. The molecule has 4 heteroatoms. The minimum absolute atomic E-state index is 0.664. The van der Waals surface area contributed by atoms with Gasteiger partial charge < -0.3 is 15.3 Å². The van der Waals surface area contributed by atoms with Gasteiger partial charge in [0.25, 0.3) is 0 Å². The van der Waals surface area contributed by atoms with E-state index in [1.54, 1.807) is 11.3 Å². The van der Waals surface area contributed by atoms with E-state index < -0.39 is 0 Å². The molecule has 1 saturated heterocycles. The van der Waals surface area contributed by atoms with Gasteiger partial charge in [0.15, 0.2) is 0 Å². The van der Waals surface area contributed by atoms with Gasteiger partial charge in [0.1, 0.15) is 0 Å². The summed E-state index contributed by atoms with van der Waals surface area (Å²) in [6.45, 7) is 1.22. The van der Waals surface area contributed by atoms with Crippen molar-refractivity contribution in [2.24, 2.45) is 0 Å². The number of likely N-dealkylation sites (N-methyl/N-ethyl adjacent to an activating group) is 1. The summed E-state index contributed by atoms with van der Waals surface area (Å²) in [7, 11) is 2.24. The third-order valence-electron chi connectivity index (χ3n) is 5.16. The zero-order valence-corrected chi connectivity index (χ0v) is 14.8. The number of rotatable bonds is 5. The van der Waals surface area contributed by atoms with E-state index in [4.69, 9.17) is 5.41 Å². The Labute approximate surface area is 146 Å². The smallest absolute Gasteiger partial charge is 0.0529 e. The SMILES string of the molecule is CN1CCCC1Cc1c[nH]c2ccc(CC(=N)c3cccs3)cc12. The molecule has 1 aliphatic rings. The van der Waals surface area contributed by atoms with Crippen LogP contribution in [0.25, 0.3) is 10.9 Å². The minimum atomic E-state index is 0.664. The predicted molar refractivity (Wildman–Crippen MR) is 103 cm³/mol. The summed E-state index contributed by atoms with van der Waals surface area (Å²) in [6.07, 6.45) is 6.59. The van der Waals surface area contributed by atoms with Gasteiger partial charge in [0.2, 0.25) is 0 Å². The number of likely N-dealkylation sites (tertiary alicyclic amines) is 1. The first-order chi connectivity index (χ1) is 11.7. The van der Waals surface area contributed by atoms with Crippen LogP contribution in [0, 0.1) is 5.41 Å². The quantitative estimate of drug-likeness (QED) is 0.663. The highest BCUT2D eigenvalue weighted by atomic mass is 32.1. The Hall–Kier alpha value is -1.91. The van der Waals surface area contributed by atoms with Gasteiger partial charge in [-0.25, -0.2) is 0 Å². The highest BCUT2D eigenvalue weighted by Crippen LogP contribution is 2.26. The van der Waals surface area contributed by atoms with Crippen LogP contribution in [0.2, 0.25) is 0 Å². The Balaban J connectivity index is 1.57. The van der Waals surface area contributed by atoms with Crippen molar-refractivity contribution in [1.29, 1.82) is 5.41 Å². The Kier molecular flexibility index (Phi) is 4.25. The number of thiophene rings is 1. The molecule has 1 aromatic carbocycles. The van der Waals surface area contributed by atoms with Gasteiger partial charge in [-0.3, -0.25) is 0 Å². The Morgan fingerprint density at radius 1 is 1.38 bits per heavy atom. The summed E-state index contributed by atoms with van der Waals surface area (Å²) in [5.41, 5.74) is 4.55. The average Bonchev–Trinajstić information content (AvgIpc) is 3.31. The fourth-order valence-corrected chi connectivity index (χ4v) is 4.41. The van der Waals surface area contributed by atoms with Gasteiger partial charge in [-0.1, -0.05) is 12.1 Å². The van der Waals surface area contributed by atoms with Crippen LogP contribution < -0.4 is 0 Å². The molecular weight excluding hydrogens is 314 g/mol. The van der Waals surface area contributed by atoms with Crippen LogP contribution in [-0.4, -0.2) is 35.2 Å². The van der Waals surface area contributed by atoms with Crippen molar-refractivity contribution in [2.75, 3.05) is 13.6 Å². The van der Waals surface area contributed by atoms with Gasteiger partial charge in [-0.2, -0.15) is 0 Å². The molecule has 1 aliphatic heterocycles. The van der Waals surface area contributed by atoms with Gasteiger partial charge >= 0.3 is 0 Å². The average molecular weight is 337 g/mol. The predicted octanol–water partition coefficient (Wildman–Crippen LogP) is 4.48. The molecule has 1 atom stereocenters. The summed E-state index contributed by atoms with van der Waals surface area (Å²) in [6, 6.07) is 11.3. The molecule has 0 aliphatic carbocycles. The van der Waals surface area contributed by atoms with Gasteiger partial charge in [-0.15, -0.1) is 11.3 Å². The molecule has 24 heavy (non-hydrogen) atoms. The third kappa shape index (κ3) is 3.04. The van der Waals surface area contributed by atoms with Crippen LogP contribution >= 0.6 is 11.3 Å². The van der Waals surface area contributed by atoms with Gasteiger partial charge in [0.05, 0.1) is 5.71 Å². The minimum Gasteiger partial charge on any atom is -0.361 e. The molecule has 0 saturated carbocycles. The summed E-state index contributed by atoms with van der Waals surface area (Å²) in [5, 5.41) is 11.7. The molecule has 3 heterocycles. The molecule has 0 radical (unpaired) electrons. The lowest BCUT2D eigenvalue weighted by Gasteiger charge is -2.18. The molecule has 1 unspecified atom stereocenters. The summed E-state index contributed by atoms with van der Waals surface area (Å²) < 4.78 is 0. The largest absolute Gasteiger partial charge is 0.361 e. The number of fused-ring (bicyclic) bond motifs is 1. The highest BCUT2D eigenvalue weighted by Gasteiger charge is 2.22. The molecule has 3 aromatic rings. The number of aromatic nitrogens is 1. The first-order valence-electron chi connectivity index (χ1n) is 8.61. The maximum Gasteiger partial charge on any atom is 0.0529 e. The second-order valence-corrected chi connectivity index (χ2v) is 7.75. The van der Waals surface area contributed by atoms with Crippen LogP contribution in [0.1, 0.15) is 28.8 Å². The van der Waals surface area contributed by atoms with E-state index in [1.807, 2.05) is 17.5 Å². The third-order valence-corrected chi connectivity index (χ3v) is 6.09. The Morgan fingerprint density at radius 3 is 3.04 bits per heavy atom. The van der Waals surface area contributed by atoms with Gasteiger partial charge in [-0.05, 0) is 67.6 Å². The van der Waals surface area contributed by atoms with E-state index in [9.17, 15) is 0 Å². The molecular formula is C20H23N3S. The maximum atomic E-state index is 8.31. The Bertz CT molecular complexity index is 847. The second kappa shape index (κ2) is 6.54. The van der Waals surface area contributed by atoms with Crippen LogP contribution in [0.5, 0.6) is 0 Å². The maximum absolute atomic E-state index is 8.31. The molecule has 0 spiro atoms. The van der Waals surface area contributed by atoms with E-state index in [0.29, 0.717) is 18.2 Å². The zero-order chi connectivity index (χ0) is 16.5. The highest BCUT2D eigenvalue weighted by molar-refractivity contribution is 7.12. The lowest BCUT2D eigenvalue weighted by molar-refractivity contribution is 0.310. The van der Waals surface area contributed by atoms with Crippen LogP contribution in [0.4, 0.5) is 0 Å². The second-order valence-electron chi connectivity index (χ2n) is 6.81. The fourth-order valence-electron chi connectivity index (χ4n) is 3.74. The molecule has 3 nitrogen and oxygen atoms in total. The lowest BCUT2D eigenvalue weighted by Crippen LogP contribution is -2.26. The summed E-state index contributed by atoms with van der Waals surface area (Å²) in [4.78, 5) is 6.96. The summed E-state index contributed by atoms with van der Waals surface area (Å²) in [5.74, 6) is 0.